The number of benzene rings is 1. The van der Waals surface area contributed by atoms with Crippen molar-refractivity contribution in [2.75, 3.05) is 19.7 Å². The Morgan fingerprint density at radius 1 is 1.50 bits per heavy atom. The molecule has 1 saturated heterocycles. The minimum atomic E-state index is 0.653. The monoisotopic (exact) mass is 239 g/mol. The van der Waals surface area contributed by atoms with Gasteiger partial charge in [0.2, 0.25) is 0 Å². The third-order valence-corrected chi connectivity index (χ3v) is 3.28. The molecule has 0 spiro atoms. The van der Waals surface area contributed by atoms with Gasteiger partial charge in [0.1, 0.15) is 5.75 Å². The average Bonchev–Trinajstić information content (AvgIpc) is 2.80. The van der Waals surface area contributed by atoms with Crippen LogP contribution < -0.4 is 10.1 Å². The van der Waals surface area contributed by atoms with Gasteiger partial charge in [-0.25, -0.2) is 0 Å². The lowest BCUT2D eigenvalue weighted by Gasteiger charge is -2.13. The Labute approximate surface area is 102 Å². The second kappa shape index (κ2) is 5.55. The van der Waals surface area contributed by atoms with Crippen molar-refractivity contribution in [3.8, 4) is 5.75 Å². The molecule has 0 radical (unpaired) electrons. The zero-order valence-electron chi connectivity index (χ0n) is 9.63. The summed E-state index contributed by atoms with van der Waals surface area (Å²) in [6.07, 6.45) is 2.17. The summed E-state index contributed by atoms with van der Waals surface area (Å²) in [4.78, 5) is 0. The largest absolute Gasteiger partial charge is 0.493 e. The predicted octanol–water partition coefficient (Wildman–Crippen LogP) is 2.89. The Morgan fingerprint density at radius 2 is 2.38 bits per heavy atom. The molecule has 0 bridgehead atoms. The highest BCUT2D eigenvalue weighted by molar-refractivity contribution is 6.30. The highest BCUT2D eigenvalue weighted by Gasteiger charge is 2.15. The summed E-state index contributed by atoms with van der Waals surface area (Å²) >= 11 is 5.96. The van der Waals surface area contributed by atoms with E-state index in [9.17, 15) is 0 Å². The minimum Gasteiger partial charge on any atom is -0.493 e. The van der Waals surface area contributed by atoms with Gasteiger partial charge in [-0.05, 0) is 43.1 Å². The molecular formula is C13H18ClNO. The van der Waals surface area contributed by atoms with Gasteiger partial charge in [0.15, 0.2) is 0 Å². The molecule has 0 aliphatic carbocycles. The number of hydrogen-bond donors (Lipinski definition) is 1. The molecule has 0 unspecified atom stereocenters. The zero-order valence-corrected chi connectivity index (χ0v) is 10.4. The highest BCUT2D eigenvalue weighted by atomic mass is 35.5. The number of rotatable bonds is 4. The van der Waals surface area contributed by atoms with E-state index in [1.54, 1.807) is 0 Å². The quantitative estimate of drug-likeness (QED) is 0.873. The normalized spacial score (nSPS) is 20.0. The third-order valence-electron chi connectivity index (χ3n) is 3.04. The van der Waals surface area contributed by atoms with Crippen LogP contribution in [0.3, 0.4) is 0 Å². The van der Waals surface area contributed by atoms with E-state index in [1.807, 2.05) is 18.2 Å². The predicted molar refractivity (Wildman–Crippen MR) is 67.3 cm³/mol. The van der Waals surface area contributed by atoms with E-state index in [-0.39, 0.29) is 0 Å². The number of hydrogen-bond acceptors (Lipinski definition) is 2. The maximum absolute atomic E-state index is 5.96. The van der Waals surface area contributed by atoms with Crippen molar-refractivity contribution in [1.29, 1.82) is 0 Å². The van der Waals surface area contributed by atoms with Crippen molar-refractivity contribution >= 4 is 11.6 Å². The van der Waals surface area contributed by atoms with Gasteiger partial charge in [-0.3, -0.25) is 0 Å². The molecule has 88 valence electrons. The van der Waals surface area contributed by atoms with E-state index in [4.69, 9.17) is 16.3 Å². The van der Waals surface area contributed by atoms with Gasteiger partial charge in [-0.2, -0.15) is 0 Å². The Morgan fingerprint density at radius 3 is 3.06 bits per heavy atom. The molecule has 1 aliphatic rings. The molecular weight excluding hydrogens is 222 g/mol. The molecule has 1 N–H and O–H groups in total. The Kier molecular flexibility index (Phi) is 4.08. The maximum Gasteiger partial charge on any atom is 0.122 e. The molecule has 1 aliphatic heterocycles. The van der Waals surface area contributed by atoms with Crippen molar-refractivity contribution in [3.63, 3.8) is 0 Å². The van der Waals surface area contributed by atoms with Crippen molar-refractivity contribution in [2.24, 2.45) is 5.92 Å². The Balaban J connectivity index is 1.97. The van der Waals surface area contributed by atoms with E-state index in [1.165, 1.54) is 12.0 Å². The van der Waals surface area contributed by atoms with E-state index < -0.39 is 0 Å². The van der Waals surface area contributed by atoms with Crippen LogP contribution in [0.1, 0.15) is 18.9 Å². The third kappa shape index (κ3) is 2.89. The molecule has 1 atom stereocenters. The number of ether oxygens (including phenoxy) is 1. The summed E-state index contributed by atoms with van der Waals surface area (Å²) in [6.45, 7) is 5.13. The number of nitrogens with one attached hydrogen (secondary N) is 1. The molecule has 16 heavy (non-hydrogen) atoms. The second-order valence-corrected chi connectivity index (χ2v) is 4.71. The lowest BCUT2D eigenvalue weighted by Crippen LogP contribution is -2.15. The van der Waals surface area contributed by atoms with Gasteiger partial charge in [-0.1, -0.05) is 18.5 Å². The summed E-state index contributed by atoms with van der Waals surface area (Å²) in [5.74, 6) is 1.64. The molecule has 1 aromatic rings. The first-order valence-corrected chi connectivity index (χ1v) is 6.29. The standard InChI is InChI=1S/C13H18ClNO/c1-2-11-7-12(14)3-4-13(11)16-9-10-5-6-15-8-10/h3-4,7,10,15H,2,5-6,8-9H2,1H3/t10-/m1/s1. The average molecular weight is 240 g/mol. The lowest BCUT2D eigenvalue weighted by atomic mass is 10.1. The SMILES string of the molecule is CCc1cc(Cl)ccc1OC[C@@H]1CCNC1. The van der Waals surface area contributed by atoms with E-state index in [2.05, 4.69) is 12.2 Å². The van der Waals surface area contributed by atoms with Crippen LogP contribution >= 0.6 is 11.6 Å². The summed E-state index contributed by atoms with van der Waals surface area (Å²) in [6, 6.07) is 5.86. The molecule has 1 heterocycles. The molecule has 0 aromatic heterocycles. The maximum atomic E-state index is 5.96. The summed E-state index contributed by atoms with van der Waals surface area (Å²) < 4.78 is 5.87. The van der Waals surface area contributed by atoms with Gasteiger partial charge in [-0.15, -0.1) is 0 Å². The number of aryl methyl sites for hydroxylation is 1. The van der Waals surface area contributed by atoms with Gasteiger partial charge < -0.3 is 10.1 Å². The molecule has 1 fully saturated rings. The van der Waals surface area contributed by atoms with Crippen LogP contribution in [0.25, 0.3) is 0 Å². The topological polar surface area (TPSA) is 21.3 Å². The Bertz CT molecular complexity index is 348. The van der Waals surface area contributed by atoms with Crippen LogP contribution in [0.15, 0.2) is 18.2 Å². The molecule has 3 heteroatoms. The highest BCUT2D eigenvalue weighted by Crippen LogP contribution is 2.24. The van der Waals surface area contributed by atoms with Crippen molar-refractivity contribution in [2.45, 2.75) is 19.8 Å². The van der Waals surface area contributed by atoms with E-state index in [0.717, 1.165) is 36.9 Å². The fourth-order valence-corrected chi connectivity index (χ4v) is 2.22. The van der Waals surface area contributed by atoms with Gasteiger partial charge in [0.25, 0.3) is 0 Å². The smallest absolute Gasteiger partial charge is 0.122 e. The fraction of sp³-hybridized carbons (Fsp3) is 0.538. The van der Waals surface area contributed by atoms with Crippen molar-refractivity contribution < 1.29 is 4.74 Å². The van der Waals surface area contributed by atoms with Crippen LogP contribution in [0.5, 0.6) is 5.75 Å². The van der Waals surface area contributed by atoms with Gasteiger partial charge in [0, 0.05) is 17.5 Å². The van der Waals surface area contributed by atoms with Crippen LogP contribution in [0.4, 0.5) is 0 Å². The van der Waals surface area contributed by atoms with E-state index >= 15 is 0 Å². The first-order chi connectivity index (χ1) is 7.79. The molecule has 0 saturated carbocycles. The van der Waals surface area contributed by atoms with Crippen LogP contribution in [-0.2, 0) is 6.42 Å². The van der Waals surface area contributed by atoms with Crippen molar-refractivity contribution in [3.05, 3.63) is 28.8 Å². The fourth-order valence-electron chi connectivity index (χ4n) is 2.03. The zero-order chi connectivity index (χ0) is 11.4. The Hall–Kier alpha value is -0.730. The summed E-state index contributed by atoms with van der Waals surface area (Å²) in [5.41, 5.74) is 1.19. The second-order valence-electron chi connectivity index (χ2n) is 4.28. The van der Waals surface area contributed by atoms with Gasteiger partial charge >= 0.3 is 0 Å². The van der Waals surface area contributed by atoms with E-state index in [0.29, 0.717) is 5.92 Å². The first-order valence-electron chi connectivity index (χ1n) is 5.91. The van der Waals surface area contributed by atoms with Crippen LogP contribution in [-0.4, -0.2) is 19.7 Å². The summed E-state index contributed by atoms with van der Waals surface area (Å²) in [5, 5.41) is 4.13. The van der Waals surface area contributed by atoms with Gasteiger partial charge in [0.05, 0.1) is 6.61 Å². The summed E-state index contributed by atoms with van der Waals surface area (Å²) in [7, 11) is 0. The minimum absolute atomic E-state index is 0.653. The first kappa shape index (κ1) is 11.7. The molecule has 2 rings (SSSR count). The molecule has 2 nitrogen and oxygen atoms in total. The molecule has 0 amide bonds. The molecule has 1 aromatic carbocycles. The lowest BCUT2D eigenvalue weighted by molar-refractivity contribution is 0.258. The van der Waals surface area contributed by atoms with Crippen LogP contribution in [0, 0.1) is 5.92 Å². The number of halogens is 1. The van der Waals surface area contributed by atoms with Crippen molar-refractivity contribution in [1.82, 2.24) is 5.32 Å². The van der Waals surface area contributed by atoms with Crippen LogP contribution in [0.2, 0.25) is 5.02 Å².